The maximum Gasteiger partial charge on any atom is 0.341 e. The van der Waals surface area contributed by atoms with Crippen LogP contribution in [-0.2, 0) is 14.3 Å². The van der Waals surface area contributed by atoms with Crippen LogP contribution in [-0.4, -0.2) is 34.3 Å². The number of nitrogens with one attached hydrogen (secondary N) is 1. The Morgan fingerprint density at radius 3 is 2.53 bits per heavy atom. The van der Waals surface area contributed by atoms with Gasteiger partial charge in [0.05, 0.1) is 27.5 Å². The SMILES string of the molecule is C[C@@H](OC(=O)c1ccc([N+](=O)[O-])cc1N)C(=O)N1c2ccccc2NC(=O)C1(C)C. The molecule has 0 radical (unpaired) electrons. The van der Waals surface area contributed by atoms with Crippen molar-refractivity contribution in [2.24, 2.45) is 0 Å². The second kappa shape index (κ2) is 7.47. The summed E-state index contributed by atoms with van der Waals surface area (Å²) in [6.07, 6.45) is -1.25. The molecule has 0 saturated heterocycles. The van der Waals surface area contributed by atoms with Crippen molar-refractivity contribution in [2.45, 2.75) is 32.4 Å². The number of carbonyl (C=O) groups is 3. The summed E-state index contributed by atoms with van der Waals surface area (Å²) in [5.74, 6) is -1.89. The summed E-state index contributed by atoms with van der Waals surface area (Å²) in [4.78, 5) is 49.6. The van der Waals surface area contributed by atoms with Crippen molar-refractivity contribution < 1.29 is 24.0 Å². The molecule has 30 heavy (non-hydrogen) atoms. The van der Waals surface area contributed by atoms with Gasteiger partial charge in [-0.1, -0.05) is 12.1 Å². The normalized spacial score (nSPS) is 15.6. The van der Waals surface area contributed by atoms with Crippen molar-refractivity contribution in [1.82, 2.24) is 0 Å². The number of ether oxygens (including phenoxy) is 1. The molecule has 0 aromatic heterocycles. The molecular weight excluding hydrogens is 392 g/mol. The number of nitrogens with two attached hydrogens (primary N) is 1. The highest BCUT2D eigenvalue weighted by Crippen LogP contribution is 2.37. The van der Waals surface area contributed by atoms with E-state index >= 15 is 0 Å². The molecule has 1 atom stereocenters. The van der Waals surface area contributed by atoms with Gasteiger partial charge >= 0.3 is 5.97 Å². The number of benzene rings is 2. The molecule has 1 heterocycles. The lowest BCUT2D eigenvalue weighted by Crippen LogP contribution is -2.60. The van der Waals surface area contributed by atoms with E-state index in [0.717, 1.165) is 12.1 Å². The Kier molecular flexibility index (Phi) is 5.17. The summed E-state index contributed by atoms with van der Waals surface area (Å²) in [7, 11) is 0. The molecule has 3 rings (SSSR count). The van der Waals surface area contributed by atoms with E-state index in [2.05, 4.69) is 5.32 Å². The number of nitrogen functional groups attached to an aromatic ring is 1. The summed E-state index contributed by atoms with van der Waals surface area (Å²) < 4.78 is 5.26. The van der Waals surface area contributed by atoms with Crippen LogP contribution in [0, 0.1) is 10.1 Å². The van der Waals surface area contributed by atoms with E-state index in [1.54, 1.807) is 38.1 Å². The number of rotatable bonds is 4. The molecule has 2 amide bonds. The van der Waals surface area contributed by atoms with Crippen molar-refractivity contribution in [1.29, 1.82) is 0 Å². The van der Waals surface area contributed by atoms with E-state index in [9.17, 15) is 24.5 Å². The molecule has 3 N–H and O–H groups in total. The first-order valence-corrected chi connectivity index (χ1v) is 9.03. The van der Waals surface area contributed by atoms with Gasteiger partial charge in [-0.15, -0.1) is 0 Å². The molecular formula is C20H20N4O6. The van der Waals surface area contributed by atoms with Crippen molar-refractivity contribution in [3.63, 3.8) is 0 Å². The van der Waals surface area contributed by atoms with E-state index in [0.29, 0.717) is 11.4 Å². The first-order chi connectivity index (χ1) is 14.0. The van der Waals surface area contributed by atoms with E-state index < -0.39 is 28.4 Å². The zero-order valence-corrected chi connectivity index (χ0v) is 16.5. The average Bonchev–Trinajstić information content (AvgIpc) is 2.68. The highest BCUT2D eigenvalue weighted by atomic mass is 16.6. The van der Waals surface area contributed by atoms with E-state index in [1.165, 1.54) is 17.9 Å². The topological polar surface area (TPSA) is 145 Å². The lowest BCUT2D eigenvalue weighted by Gasteiger charge is -2.42. The average molecular weight is 412 g/mol. The van der Waals surface area contributed by atoms with Crippen molar-refractivity contribution in [3.8, 4) is 0 Å². The Hall–Kier alpha value is -3.95. The highest BCUT2D eigenvalue weighted by molar-refractivity contribution is 6.15. The minimum absolute atomic E-state index is 0.101. The Morgan fingerprint density at radius 2 is 1.90 bits per heavy atom. The van der Waals surface area contributed by atoms with Gasteiger partial charge in [-0.2, -0.15) is 0 Å². The van der Waals surface area contributed by atoms with E-state index in [1.807, 2.05) is 0 Å². The van der Waals surface area contributed by atoms with Gasteiger partial charge in [-0.05, 0) is 39.0 Å². The van der Waals surface area contributed by atoms with Gasteiger partial charge in [-0.3, -0.25) is 24.6 Å². The van der Waals surface area contributed by atoms with Crippen LogP contribution in [0.15, 0.2) is 42.5 Å². The molecule has 0 spiro atoms. The number of para-hydroxylation sites is 2. The molecule has 0 fully saturated rings. The van der Waals surface area contributed by atoms with Gasteiger partial charge in [0.1, 0.15) is 5.54 Å². The number of hydrogen-bond donors (Lipinski definition) is 2. The van der Waals surface area contributed by atoms with Crippen LogP contribution in [0.4, 0.5) is 22.7 Å². The monoisotopic (exact) mass is 412 g/mol. The summed E-state index contributed by atoms with van der Waals surface area (Å²) in [5, 5.41) is 13.6. The van der Waals surface area contributed by atoms with Crippen molar-refractivity contribution >= 4 is 40.5 Å². The number of nitrogens with zero attached hydrogens (tertiary/aromatic N) is 2. The number of amides is 2. The third-order valence-corrected chi connectivity index (χ3v) is 4.83. The summed E-state index contributed by atoms with van der Waals surface area (Å²) in [6.45, 7) is 4.55. The molecule has 1 aliphatic heterocycles. The second-order valence-corrected chi connectivity index (χ2v) is 7.28. The third-order valence-electron chi connectivity index (χ3n) is 4.83. The quantitative estimate of drug-likeness (QED) is 0.339. The molecule has 1 aliphatic rings. The third kappa shape index (κ3) is 3.54. The zero-order chi connectivity index (χ0) is 22.2. The van der Waals surface area contributed by atoms with Gasteiger partial charge in [0, 0.05) is 12.1 Å². The van der Waals surface area contributed by atoms with Crippen LogP contribution in [0.5, 0.6) is 0 Å². The number of hydrogen-bond acceptors (Lipinski definition) is 7. The van der Waals surface area contributed by atoms with Gasteiger partial charge in [-0.25, -0.2) is 4.79 Å². The molecule has 2 aromatic rings. The molecule has 0 saturated carbocycles. The van der Waals surface area contributed by atoms with Crippen LogP contribution in [0.3, 0.4) is 0 Å². The molecule has 0 unspecified atom stereocenters. The Labute approximate surface area is 171 Å². The maximum absolute atomic E-state index is 13.2. The number of carbonyl (C=O) groups excluding carboxylic acids is 3. The van der Waals surface area contributed by atoms with Crippen molar-refractivity contribution in [3.05, 3.63) is 58.1 Å². The number of nitro benzene ring substituents is 1. The predicted octanol–water partition coefficient (Wildman–Crippen LogP) is 2.49. The molecule has 2 aromatic carbocycles. The fraction of sp³-hybridized carbons (Fsp3) is 0.250. The standard InChI is InChI=1S/C20H20N4O6/c1-11(30-18(26)13-9-8-12(24(28)29)10-14(13)21)17(25)23-16-7-5-4-6-15(16)22-19(27)20(23,2)3/h4-11H,21H2,1-3H3,(H,22,27)/t11-/m1/s1. The minimum Gasteiger partial charge on any atom is -0.449 e. The Balaban J connectivity index is 1.86. The van der Waals surface area contributed by atoms with Crippen molar-refractivity contribution in [2.75, 3.05) is 16.0 Å². The summed E-state index contributed by atoms with van der Waals surface area (Å²) >= 11 is 0. The first-order valence-electron chi connectivity index (χ1n) is 9.03. The van der Waals surface area contributed by atoms with E-state index in [-0.39, 0.29) is 22.8 Å². The Morgan fingerprint density at radius 1 is 1.23 bits per heavy atom. The van der Waals surface area contributed by atoms with Gasteiger partial charge in [0.15, 0.2) is 6.10 Å². The largest absolute Gasteiger partial charge is 0.449 e. The highest BCUT2D eigenvalue weighted by Gasteiger charge is 2.45. The number of nitro groups is 1. The van der Waals surface area contributed by atoms with Gasteiger partial charge < -0.3 is 15.8 Å². The first kappa shape index (κ1) is 20.8. The number of non-ortho nitro benzene ring substituents is 1. The van der Waals surface area contributed by atoms with Crippen LogP contribution in [0.2, 0.25) is 0 Å². The molecule has 10 nitrogen and oxygen atoms in total. The molecule has 156 valence electrons. The van der Waals surface area contributed by atoms with Crippen LogP contribution in [0.25, 0.3) is 0 Å². The minimum atomic E-state index is -1.25. The van der Waals surface area contributed by atoms with Crippen LogP contribution < -0.4 is 16.0 Å². The lowest BCUT2D eigenvalue weighted by molar-refractivity contribution is -0.384. The van der Waals surface area contributed by atoms with Crippen LogP contribution >= 0.6 is 0 Å². The smallest absolute Gasteiger partial charge is 0.341 e. The number of anilines is 3. The second-order valence-electron chi connectivity index (χ2n) is 7.28. The summed E-state index contributed by atoms with van der Waals surface area (Å²) in [5.41, 5.74) is 4.93. The maximum atomic E-state index is 13.2. The molecule has 0 bridgehead atoms. The number of fused-ring (bicyclic) bond motifs is 1. The zero-order valence-electron chi connectivity index (χ0n) is 16.5. The predicted molar refractivity (Wildman–Crippen MR) is 109 cm³/mol. The summed E-state index contributed by atoms with van der Waals surface area (Å²) in [6, 6.07) is 10.1. The lowest BCUT2D eigenvalue weighted by atomic mass is 9.95. The van der Waals surface area contributed by atoms with Crippen LogP contribution in [0.1, 0.15) is 31.1 Å². The van der Waals surface area contributed by atoms with Gasteiger partial charge in [0.2, 0.25) is 5.91 Å². The molecule has 10 heteroatoms. The van der Waals surface area contributed by atoms with E-state index in [4.69, 9.17) is 10.5 Å². The Bertz CT molecular complexity index is 1070. The molecule has 0 aliphatic carbocycles. The van der Waals surface area contributed by atoms with Gasteiger partial charge in [0.25, 0.3) is 11.6 Å². The number of esters is 1. The fourth-order valence-corrected chi connectivity index (χ4v) is 3.15. The fourth-order valence-electron chi connectivity index (χ4n) is 3.15.